The van der Waals surface area contributed by atoms with Crippen LogP contribution in [0.2, 0.25) is 0 Å². The lowest BCUT2D eigenvalue weighted by molar-refractivity contribution is -0.230. The Hall–Kier alpha value is 0.0400. The van der Waals surface area contributed by atoms with Crippen LogP contribution in [0.25, 0.3) is 0 Å². The highest BCUT2D eigenvalue weighted by molar-refractivity contribution is 8.22. The molecule has 3 rings (SSSR count). The van der Waals surface area contributed by atoms with Crippen molar-refractivity contribution < 1.29 is 28.4 Å². The second-order valence-corrected chi connectivity index (χ2v) is 7.88. The SMILES string of the molecule is CSC(=S)O[C@H]1[C@H]2OC(C)(C)O[C@H]2O[C@@H]1C1COC(C)(C)O1. The molecule has 0 bridgehead atoms. The summed E-state index contributed by atoms with van der Waals surface area (Å²) in [6, 6.07) is 0. The second-order valence-electron chi connectivity index (χ2n) is 6.47. The number of rotatable bonds is 2. The average molecular weight is 350 g/mol. The van der Waals surface area contributed by atoms with Crippen LogP contribution in [0, 0.1) is 0 Å². The molecule has 0 aromatic carbocycles. The third kappa shape index (κ3) is 3.28. The van der Waals surface area contributed by atoms with E-state index in [1.807, 2.05) is 34.0 Å². The number of thiocarbonyl (C=S) groups is 1. The zero-order valence-corrected chi connectivity index (χ0v) is 15.0. The van der Waals surface area contributed by atoms with Gasteiger partial charge in [-0.2, -0.15) is 0 Å². The van der Waals surface area contributed by atoms with Gasteiger partial charge in [-0.1, -0.05) is 11.8 Å². The minimum absolute atomic E-state index is 0.245. The third-order valence-corrected chi connectivity index (χ3v) is 4.85. The molecule has 0 amide bonds. The van der Waals surface area contributed by atoms with Crippen LogP contribution in [0.15, 0.2) is 0 Å². The molecular weight excluding hydrogens is 328 g/mol. The van der Waals surface area contributed by atoms with Crippen molar-refractivity contribution in [3.05, 3.63) is 0 Å². The lowest BCUT2D eigenvalue weighted by Gasteiger charge is -2.29. The van der Waals surface area contributed by atoms with Gasteiger partial charge in [0.1, 0.15) is 12.2 Å². The Labute approximate surface area is 140 Å². The minimum Gasteiger partial charge on any atom is -0.469 e. The summed E-state index contributed by atoms with van der Waals surface area (Å²) >= 11 is 6.57. The lowest BCUT2D eigenvalue weighted by Crippen LogP contribution is -2.44. The number of hydrogen-bond donors (Lipinski definition) is 0. The summed E-state index contributed by atoms with van der Waals surface area (Å²) in [4.78, 5) is 0. The van der Waals surface area contributed by atoms with Crippen molar-refractivity contribution in [3.63, 3.8) is 0 Å². The van der Waals surface area contributed by atoms with Gasteiger partial charge in [0, 0.05) is 0 Å². The van der Waals surface area contributed by atoms with Gasteiger partial charge in [-0.05, 0) is 46.2 Å². The molecular formula is C14H22O6S2. The molecule has 1 unspecified atom stereocenters. The molecule has 3 aliphatic heterocycles. The van der Waals surface area contributed by atoms with Gasteiger partial charge >= 0.3 is 0 Å². The van der Waals surface area contributed by atoms with Gasteiger partial charge in [0.05, 0.1) is 6.61 Å². The van der Waals surface area contributed by atoms with E-state index in [9.17, 15) is 0 Å². The van der Waals surface area contributed by atoms with E-state index < -0.39 is 17.9 Å². The molecule has 8 heteroatoms. The van der Waals surface area contributed by atoms with Crippen molar-refractivity contribution in [1.29, 1.82) is 0 Å². The molecule has 3 heterocycles. The highest BCUT2D eigenvalue weighted by atomic mass is 32.2. The first-order chi connectivity index (χ1) is 10.2. The maximum atomic E-state index is 6.01. The maximum Gasteiger partial charge on any atom is 0.220 e. The molecule has 0 spiro atoms. The molecule has 0 N–H and O–H groups in total. The van der Waals surface area contributed by atoms with Crippen LogP contribution in [0.1, 0.15) is 27.7 Å². The highest BCUT2D eigenvalue weighted by Gasteiger charge is 2.59. The number of hydrogen-bond acceptors (Lipinski definition) is 8. The fraction of sp³-hybridized carbons (Fsp3) is 0.929. The zero-order valence-electron chi connectivity index (χ0n) is 13.4. The molecule has 6 nitrogen and oxygen atoms in total. The highest BCUT2D eigenvalue weighted by Crippen LogP contribution is 2.42. The molecule has 22 heavy (non-hydrogen) atoms. The van der Waals surface area contributed by atoms with E-state index in [0.717, 1.165) is 0 Å². The minimum atomic E-state index is -0.699. The summed E-state index contributed by atoms with van der Waals surface area (Å²) in [6.45, 7) is 7.90. The van der Waals surface area contributed by atoms with Crippen molar-refractivity contribution in [3.8, 4) is 0 Å². The second kappa shape index (κ2) is 5.84. The number of thioether (sulfide) groups is 1. The predicted octanol–water partition coefficient (Wildman–Crippen LogP) is 2.05. The van der Waals surface area contributed by atoms with Gasteiger partial charge in [-0.25, -0.2) is 0 Å². The summed E-state index contributed by atoms with van der Waals surface area (Å²) in [5.74, 6) is -1.33. The van der Waals surface area contributed by atoms with Gasteiger partial charge < -0.3 is 28.4 Å². The Morgan fingerprint density at radius 1 is 1.09 bits per heavy atom. The van der Waals surface area contributed by atoms with Crippen LogP contribution in [-0.2, 0) is 28.4 Å². The third-order valence-electron chi connectivity index (χ3n) is 3.82. The van der Waals surface area contributed by atoms with Crippen LogP contribution >= 0.6 is 24.0 Å². The molecule has 3 saturated heterocycles. The van der Waals surface area contributed by atoms with Crippen molar-refractivity contribution in [2.45, 2.75) is 70.0 Å². The Balaban J connectivity index is 1.76. The fourth-order valence-corrected chi connectivity index (χ4v) is 3.29. The lowest BCUT2D eigenvalue weighted by atomic mass is 10.1. The number of ether oxygens (including phenoxy) is 6. The van der Waals surface area contributed by atoms with E-state index >= 15 is 0 Å². The summed E-state index contributed by atoms with van der Waals surface area (Å²) < 4.78 is 35.6. The monoisotopic (exact) mass is 350 g/mol. The topological polar surface area (TPSA) is 55.4 Å². The Morgan fingerprint density at radius 2 is 1.82 bits per heavy atom. The van der Waals surface area contributed by atoms with E-state index in [0.29, 0.717) is 11.0 Å². The van der Waals surface area contributed by atoms with Gasteiger partial charge in [0.15, 0.2) is 30.1 Å². The first-order valence-corrected chi connectivity index (χ1v) is 8.91. The molecule has 5 atom stereocenters. The van der Waals surface area contributed by atoms with E-state index in [1.165, 1.54) is 11.8 Å². The van der Waals surface area contributed by atoms with Gasteiger partial charge in [-0.3, -0.25) is 0 Å². The normalized spacial score (nSPS) is 42.3. The summed E-state index contributed by atoms with van der Waals surface area (Å²) in [5.41, 5.74) is 0. The molecule has 0 aliphatic carbocycles. The van der Waals surface area contributed by atoms with Crippen LogP contribution < -0.4 is 0 Å². The Kier molecular flexibility index (Phi) is 4.48. The van der Waals surface area contributed by atoms with Crippen LogP contribution in [0.4, 0.5) is 0 Å². The van der Waals surface area contributed by atoms with Gasteiger partial charge in [0.25, 0.3) is 0 Å². The fourth-order valence-electron chi connectivity index (χ4n) is 2.97. The van der Waals surface area contributed by atoms with Crippen LogP contribution in [0.3, 0.4) is 0 Å². The molecule has 3 aliphatic rings. The number of fused-ring (bicyclic) bond motifs is 1. The first-order valence-electron chi connectivity index (χ1n) is 7.28. The van der Waals surface area contributed by atoms with Crippen molar-refractivity contribution in [2.75, 3.05) is 12.9 Å². The summed E-state index contributed by atoms with van der Waals surface area (Å²) in [6.07, 6.45) is 0.0796. The van der Waals surface area contributed by atoms with E-state index in [1.54, 1.807) is 0 Å². The largest absolute Gasteiger partial charge is 0.469 e. The quantitative estimate of drug-likeness (QED) is 0.702. The smallest absolute Gasteiger partial charge is 0.220 e. The van der Waals surface area contributed by atoms with Gasteiger partial charge in [-0.15, -0.1) is 0 Å². The molecule has 126 valence electrons. The molecule has 0 radical (unpaired) electrons. The molecule has 0 saturated carbocycles. The average Bonchev–Trinajstić information content (AvgIpc) is 3.01. The van der Waals surface area contributed by atoms with Crippen molar-refractivity contribution in [2.24, 2.45) is 0 Å². The summed E-state index contributed by atoms with van der Waals surface area (Å²) in [7, 11) is 0. The summed E-state index contributed by atoms with van der Waals surface area (Å²) in [5, 5.41) is 0. The Morgan fingerprint density at radius 3 is 2.41 bits per heavy atom. The molecule has 0 aromatic rings. The zero-order chi connectivity index (χ0) is 16.1. The van der Waals surface area contributed by atoms with E-state index in [-0.39, 0.29) is 24.4 Å². The van der Waals surface area contributed by atoms with E-state index in [4.69, 9.17) is 40.6 Å². The maximum absolute atomic E-state index is 6.01. The standard InChI is InChI=1S/C14H22O6S2/c1-13(2)15-6-7(18-13)8-9(17-12(21)22-5)10-11(16-8)20-14(3,4)19-10/h7-11H,6H2,1-5H3/t7?,8-,9-,10-,11-/m1/s1. The van der Waals surface area contributed by atoms with Crippen LogP contribution in [0.5, 0.6) is 0 Å². The van der Waals surface area contributed by atoms with Crippen LogP contribution in [-0.4, -0.2) is 59.5 Å². The van der Waals surface area contributed by atoms with Gasteiger partial charge in [0.2, 0.25) is 4.38 Å². The molecule has 0 aromatic heterocycles. The van der Waals surface area contributed by atoms with Crippen molar-refractivity contribution in [1.82, 2.24) is 0 Å². The Bertz CT molecular complexity index is 455. The molecule has 3 fully saturated rings. The van der Waals surface area contributed by atoms with E-state index in [2.05, 4.69) is 0 Å². The first kappa shape index (κ1) is 16.9. The van der Waals surface area contributed by atoms with Crippen molar-refractivity contribution >= 4 is 28.4 Å². The predicted molar refractivity (Wildman–Crippen MR) is 84.6 cm³/mol.